The molecule has 0 aromatic heterocycles. The lowest BCUT2D eigenvalue weighted by Crippen LogP contribution is -2.34. The maximum Gasteiger partial charge on any atom is 0.251 e. The summed E-state index contributed by atoms with van der Waals surface area (Å²) in [5.74, 6) is -0.0644. The van der Waals surface area contributed by atoms with Crippen molar-refractivity contribution in [2.24, 2.45) is 5.41 Å². The molecule has 3 N–H and O–H groups in total. The molecule has 5 nitrogen and oxygen atoms in total. The Balaban J connectivity index is 2.01. The summed E-state index contributed by atoms with van der Waals surface area (Å²) in [6, 6.07) is 5.19. The number of sulfone groups is 1. The van der Waals surface area contributed by atoms with Gasteiger partial charge < -0.3 is 11.1 Å². The number of hydrogen-bond donors (Lipinski definition) is 2. The van der Waals surface area contributed by atoms with Crippen LogP contribution in [0.4, 0.5) is 5.69 Å². The van der Waals surface area contributed by atoms with Crippen molar-refractivity contribution in [1.29, 1.82) is 0 Å². The molecule has 2 rings (SSSR count). The summed E-state index contributed by atoms with van der Waals surface area (Å²) >= 11 is 0. The summed E-state index contributed by atoms with van der Waals surface area (Å²) in [4.78, 5) is 12.1. The molecule has 20 heavy (non-hydrogen) atoms. The van der Waals surface area contributed by atoms with E-state index in [-0.39, 0.29) is 17.1 Å². The van der Waals surface area contributed by atoms with Gasteiger partial charge in [0.1, 0.15) is 9.84 Å². The van der Waals surface area contributed by atoms with Gasteiger partial charge in [0.15, 0.2) is 0 Å². The van der Waals surface area contributed by atoms with Crippen LogP contribution < -0.4 is 11.1 Å². The topological polar surface area (TPSA) is 89.3 Å². The van der Waals surface area contributed by atoms with Crippen LogP contribution in [0.2, 0.25) is 0 Å². The lowest BCUT2D eigenvalue weighted by atomic mass is 10.1. The van der Waals surface area contributed by atoms with Crippen LogP contribution >= 0.6 is 0 Å². The fourth-order valence-corrected chi connectivity index (χ4v) is 3.86. The summed E-state index contributed by atoms with van der Waals surface area (Å²) < 4.78 is 22.7. The van der Waals surface area contributed by atoms with Crippen LogP contribution in [0.1, 0.15) is 28.8 Å². The Kier molecular flexibility index (Phi) is 3.77. The average molecular weight is 296 g/mol. The summed E-state index contributed by atoms with van der Waals surface area (Å²) in [5.41, 5.74) is 7.35. The number of benzene rings is 1. The Morgan fingerprint density at radius 2 is 2.05 bits per heavy atom. The third-order valence-corrected chi connectivity index (χ3v) is 4.79. The van der Waals surface area contributed by atoms with E-state index in [9.17, 15) is 13.2 Å². The molecule has 1 aliphatic rings. The maximum atomic E-state index is 12.1. The minimum absolute atomic E-state index is 0.135. The van der Waals surface area contributed by atoms with Gasteiger partial charge in [-0.05, 0) is 37.5 Å². The fraction of sp³-hybridized carbons (Fsp3) is 0.500. The highest BCUT2D eigenvalue weighted by molar-refractivity contribution is 7.90. The van der Waals surface area contributed by atoms with Crippen molar-refractivity contribution >= 4 is 21.4 Å². The smallest absolute Gasteiger partial charge is 0.251 e. The standard InChI is InChI=1S/C14H20N2O3S/c1-10-3-4-11(15)7-12(10)13(17)16-8-14(5-6-14)9-20(2,18)19/h3-4,7H,5-6,8-9,15H2,1-2H3,(H,16,17). The number of rotatable bonds is 5. The molecule has 1 aromatic carbocycles. The SMILES string of the molecule is Cc1ccc(N)cc1C(=O)NCC1(CS(C)(=O)=O)CC1. The first kappa shape index (κ1) is 14.8. The van der Waals surface area contributed by atoms with Gasteiger partial charge in [-0.3, -0.25) is 4.79 Å². The van der Waals surface area contributed by atoms with E-state index >= 15 is 0 Å². The molecule has 0 atom stereocenters. The van der Waals surface area contributed by atoms with Crippen molar-refractivity contribution in [3.05, 3.63) is 29.3 Å². The third kappa shape index (κ3) is 3.72. The monoisotopic (exact) mass is 296 g/mol. The van der Waals surface area contributed by atoms with E-state index in [2.05, 4.69) is 5.32 Å². The van der Waals surface area contributed by atoms with Gasteiger partial charge in [0.05, 0.1) is 5.75 Å². The second-order valence-electron chi connectivity index (χ2n) is 5.83. The summed E-state index contributed by atoms with van der Waals surface area (Å²) in [5, 5.41) is 2.83. The summed E-state index contributed by atoms with van der Waals surface area (Å²) in [6.07, 6.45) is 2.92. The lowest BCUT2D eigenvalue weighted by Gasteiger charge is -2.15. The first-order chi connectivity index (χ1) is 9.21. The zero-order valence-corrected chi connectivity index (χ0v) is 12.6. The Morgan fingerprint density at radius 3 is 2.60 bits per heavy atom. The van der Waals surface area contributed by atoms with Gasteiger partial charge >= 0.3 is 0 Å². The molecule has 0 aliphatic heterocycles. The van der Waals surface area contributed by atoms with Crippen LogP contribution in [0, 0.1) is 12.3 Å². The minimum Gasteiger partial charge on any atom is -0.399 e. The van der Waals surface area contributed by atoms with Gasteiger partial charge in [-0.15, -0.1) is 0 Å². The van der Waals surface area contributed by atoms with Crippen molar-refractivity contribution in [2.75, 3.05) is 24.3 Å². The second-order valence-corrected chi connectivity index (χ2v) is 7.97. The third-order valence-electron chi connectivity index (χ3n) is 3.66. The van der Waals surface area contributed by atoms with Gasteiger partial charge in [0, 0.05) is 29.5 Å². The number of hydrogen-bond acceptors (Lipinski definition) is 4. The van der Waals surface area contributed by atoms with E-state index in [0.29, 0.717) is 17.8 Å². The zero-order chi connectivity index (χ0) is 15.0. The van der Waals surface area contributed by atoms with Gasteiger partial charge in [0.25, 0.3) is 5.91 Å². The molecule has 6 heteroatoms. The Morgan fingerprint density at radius 1 is 1.40 bits per heavy atom. The van der Waals surface area contributed by atoms with Crippen LogP contribution in [0.5, 0.6) is 0 Å². The highest BCUT2D eigenvalue weighted by Gasteiger charge is 2.45. The molecule has 1 aromatic rings. The van der Waals surface area contributed by atoms with Gasteiger partial charge in [-0.1, -0.05) is 6.07 Å². The molecule has 110 valence electrons. The van der Waals surface area contributed by atoms with Crippen LogP contribution in [0.25, 0.3) is 0 Å². The largest absolute Gasteiger partial charge is 0.399 e. The van der Waals surface area contributed by atoms with Crippen LogP contribution in [-0.4, -0.2) is 32.9 Å². The Labute approximate surface area is 119 Å². The number of amides is 1. The number of carbonyl (C=O) groups is 1. The minimum atomic E-state index is -3.02. The number of anilines is 1. The molecular formula is C14H20N2O3S. The molecule has 0 saturated heterocycles. The average Bonchev–Trinajstić information content (AvgIpc) is 3.07. The molecular weight excluding hydrogens is 276 g/mol. The lowest BCUT2D eigenvalue weighted by molar-refractivity contribution is 0.0945. The molecule has 0 heterocycles. The summed E-state index contributed by atoms with van der Waals surface area (Å²) in [7, 11) is -3.02. The predicted octanol–water partition coefficient (Wildman–Crippen LogP) is 1.13. The molecule has 0 radical (unpaired) electrons. The number of nitrogen functional groups attached to an aromatic ring is 1. The van der Waals surface area contributed by atoms with Gasteiger partial charge in [-0.2, -0.15) is 0 Å². The highest BCUT2D eigenvalue weighted by atomic mass is 32.2. The highest BCUT2D eigenvalue weighted by Crippen LogP contribution is 2.46. The van der Waals surface area contributed by atoms with Gasteiger partial charge in [0.2, 0.25) is 0 Å². The van der Waals surface area contributed by atoms with E-state index in [4.69, 9.17) is 5.73 Å². The molecule has 0 unspecified atom stereocenters. The zero-order valence-electron chi connectivity index (χ0n) is 11.8. The van der Waals surface area contributed by atoms with E-state index in [1.165, 1.54) is 6.26 Å². The van der Waals surface area contributed by atoms with Crippen molar-refractivity contribution in [1.82, 2.24) is 5.32 Å². The quantitative estimate of drug-likeness (QED) is 0.797. The van der Waals surface area contributed by atoms with Crippen molar-refractivity contribution in [3.63, 3.8) is 0 Å². The fourth-order valence-electron chi connectivity index (χ4n) is 2.35. The molecule has 1 aliphatic carbocycles. The number of nitrogens with one attached hydrogen (secondary N) is 1. The first-order valence-corrected chi connectivity index (χ1v) is 8.59. The number of carbonyl (C=O) groups excluding carboxylic acids is 1. The van der Waals surface area contributed by atoms with Crippen molar-refractivity contribution < 1.29 is 13.2 Å². The number of nitrogens with two attached hydrogens (primary N) is 1. The molecule has 0 spiro atoms. The Hall–Kier alpha value is -1.56. The number of aryl methyl sites for hydroxylation is 1. The molecule has 1 saturated carbocycles. The van der Waals surface area contributed by atoms with Crippen LogP contribution in [0.3, 0.4) is 0 Å². The van der Waals surface area contributed by atoms with Crippen molar-refractivity contribution in [2.45, 2.75) is 19.8 Å². The van der Waals surface area contributed by atoms with E-state index < -0.39 is 9.84 Å². The maximum absolute atomic E-state index is 12.1. The predicted molar refractivity (Wildman–Crippen MR) is 79.3 cm³/mol. The molecule has 0 bridgehead atoms. The summed E-state index contributed by atoms with van der Waals surface area (Å²) in [6.45, 7) is 2.24. The van der Waals surface area contributed by atoms with E-state index in [1.54, 1.807) is 18.2 Å². The van der Waals surface area contributed by atoms with Crippen LogP contribution in [-0.2, 0) is 9.84 Å². The molecule has 1 fully saturated rings. The first-order valence-electron chi connectivity index (χ1n) is 6.53. The van der Waals surface area contributed by atoms with Gasteiger partial charge in [-0.25, -0.2) is 8.42 Å². The molecule has 1 amide bonds. The Bertz CT molecular complexity index is 634. The second kappa shape index (κ2) is 5.09. The van der Waals surface area contributed by atoms with E-state index in [0.717, 1.165) is 18.4 Å². The van der Waals surface area contributed by atoms with Crippen LogP contribution in [0.15, 0.2) is 18.2 Å². The van der Waals surface area contributed by atoms with Crippen molar-refractivity contribution in [3.8, 4) is 0 Å². The van der Waals surface area contributed by atoms with E-state index in [1.807, 2.05) is 6.92 Å². The normalized spacial score (nSPS) is 16.7.